The van der Waals surface area contributed by atoms with Crippen LogP contribution in [0.1, 0.15) is 82.8 Å². The number of fused-ring (bicyclic) bond motifs is 1. The number of rotatable bonds is 12. The zero-order valence-electron chi connectivity index (χ0n) is 26.1. The van der Waals surface area contributed by atoms with Crippen molar-refractivity contribution >= 4 is 17.8 Å². The molecule has 0 spiro atoms. The van der Waals surface area contributed by atoms with Gasteiger partial charge in [0.2, 0.25) is 5.91 Å². The van der Waals surface area contributed by atoms with E-state index in [4.69, 9.17) is 9.47 Å². The molecule has 1 heterocycles. The van der Waals surface area contributed by atoms with Crippen molar-refractivity contribution < 1.29 is 23.9 Å². The van der Waals surface area contributed by atoms with Gasteiger partial charge in [0.05, 0.1) is 0 Å². The summed E-state index contributed by atoms with van der Waals surface area (Å²) < 4.78 is 11.6. The van der Waals surface area contributed by atoms with Gasteiger partial charge in [0.25, 0.3) is 0 Å². The lowest BCUT2D eigenvalue weighted by Crippen LogP contribution is -2.62. The van der Waals surface area contributed by atoms with Crippen molar-refractivity contribution in [2.24, 2.45) is 11.8 Å². The molecular formula is C36H48N2O5. The van der Waals surface area contributed by atoms with Gasteiger partial charge in [0.1, 0.15) is 11.9 Å². The Bertz CT molecular complexity index is 1260. The molecule has 5 rings (SSSR count). The van der Waals surface area contributed by atoms with Crippen molar-refractivity contribution in [2.75, 3.05) is 26.7 Å². The molecule has 1 amide bonds. The second-order valence-electron chi connectivity index (χ2n) is 13.1. The molecule has 2 saturated carbocycles. The van der Waals surface area contributed by atoms with Crippen molar-refractivity contribution in [3.8, 4) is 5.75 Å². The first-order chi connectivity index (χ1) is 20.7. The topological polar surface area (TPSA) is 76.2 Å². The lowest BCUT2D eigenvalue weighted by Gasteiger charge is -2.56. The van der Waals surface area contributed by atoms with E-state index in [9.17, 15) is 14.4 Å². The Morgan fingerprint density at radius 3 is 2.49 bits per heavy atom. The number of unbranched alkanes of at least 4 members (excludes halogenated alkanes) is 2. The van der Waals surface area contributed by atoms with Crippen molar-refractivity contribution in [3.05, 3.63) is 65.7 Å². The zero-order valence-corrected chi connectivity index (χ0v) is 26.1. The minimum absolute atomic E-state index is 0.0511. The quantitative estimate of drug-likeness (QED) is 0.174. The van der Waals surface area contributed by atoms with Crippen LogP contribution in [0.3, 0.4) is 0 Å². The summed E-state index contributed by atoms with van der Waals surface area (Å²) in [5.41, 5.74) is 2.14. The fourth-order valence-corrected chi connectivity index (χ4v) is 7.54. The highest BCUT2D eigenvalue weighted by Gasteiger charge is 2.54. The van der Waals surface area contributed by atoms with E-state index in [1.54, 1.807) is 0 Å². The third-order valence-electron chi connectivity index (χ3n) is 9.93. The van der Waals surface area contributed by atoms with Crippen molar-refractivity contribution in [1.82, 2.24) is 9.80 Å². The van der Waals surface area contributed by atoms with Gasteiger partial charge in [-0.3, -0.25) is 14.4 Å². The molecule has 43 heavy (non-hydrogen) atoms. The van der Waals surface area contributed by atoms with Gasteiger partial charge in [-0.05, 0) is 80.7 Å². The Morgan fingerprint density at radius 1 is 0.977 bits per heavy atom. The molecular weight excluding hydrogens is 540 g/mol. The largest absolute Gasteiger partial charge is 0.462 e. The maximum absolute atomic E-state index is 13.5. The van der Waals surface area contributed by atoms with Crippen LogP contribution in [0, 0.1) is 11.8 Å². The molecule has 0 radical (unpaired) electrons. The maximum atomic E-state index is 13.5. The predicted octanol–water partition coefficient (Wildman–Crippen LogP) is 5.94. The molecule has 0 aromatic heterocycles. The van der Waals surface area contributed by atoms with Crippen molar-refractivity contribution in [3.63, 3.8) is 0 Å². The van der Waals surface area contributed by atoms with Gasteiger partial charge in [-0.15, -0.1) is 0 Å². The Morgan fingerprint density at radius 2 is 1.77 bits per heavy atom. The van der Waals surface area contributed by atoms with Crippen LogP contribution in [-0.4, -0.2) is 66.5 Å². The van der Waals surface area contributed by atoms with Gasteiger partial charge in [0.15, 0.2) is 0 Å². The number of aryl methyl sites for hydroxylation is 1. The number of likely N-dealkylation sites (tertiary alicyclic amines) is 1. The van der Waals surface area contributed by atoms with E-state index in [1.165, 1.54) is 32.3 Å². The summed E-state index contributed by atoms with van der Waals surface area (Å²) in [5.74, 6) is 0.928. The average Bonchev–Trinajstić information content (AvgIpc) is 3.81. The summed E-state index contributed by atoms with van der Waals surface area (Å²) in [6.45, 7) is 5.82. The highest BCUT2D eigenvalue weighted by molar-refractivity contribution is 5.76. The number of ether oxygens (including phenoxy) is 2. The van der Waals surface area contributed by atoms with Crippen LogP contribution in [0.4, 0.5) is 0 Å². The number of hydrogen-bond acceptors (Lipinski definition) is 6. The monoisotopic (exact) mass is 588 g/mol. The van der Waals surface area contributed by atoms with E-state index in [2.05, 4.69) is 35.2 Å². The molecule has 3 aliphatic rings. The number of esters is 2. The first-order valence-electron chi connectivity index (χ1n) is 16.2. The van der Waals surface area contributed by atoms with E-state index >= 15 is 0 Å². The first-order valence-corrected chi connectivity index (χ1v) is 16.2. The van der Waals surface area contributed by atoms with Gasteiger partial charge >= 0.3 is 11.9 Å². The van der Waals surface area contributed by atoms with Crippen LogP contribution in [0.5, 0.6) is 5.75 Å². The highest BCUT2D eigenvalue weighted by Crippen LogP contribution is 2.52. The standard InChI is InChI=1S/C36H48N2O5/c1-26(39)42-32-15-10-14-30(21-32)36-19-20-38(24-29-17-18-29)25-33(36)34(43-27(2)40)22-31(23-36)37(3)35(41)16-9-5-8-13-28-11-6-4-7-12-28/h4,6-7,10-12,14-15,21,29,31,33-34H,5,8-9,13,16-20,22-25H2,1-3H3/t31-,33-,34?,36-/m0/s1. The fourth-order valence-electron chi connectivity index (χ4n) is 7.54. The molecule has 4 atom stereocenters. The van der Waals surface area contributed by atoms with Crippen LogP contribution in [0.15, 0.2) is 54.6 Å². The SMILES string of the molecule is CC(=O)Oc1cccc([C@@]23CCN(CC4CC4)C[C@H]2C(OC(C)=O)C[C@H](N(C)C(=O)CCCCCc2ccccc2)C3)c1. The van der Waals surface area contributed by atoms with Crippen LogP contribution in [0.2, 0.25) is 0 Å². The third-order valence-corrected chi connectivity index (χ3v) is 9.93. The Balaban J connectivity index is 1.33. The van der Waals surface area contributed by atoms with Crippen LogP contribution < -0.4 is 4.74 Å². The number of piperidine rings is 1. The minimum Gasteiger partial charge on any atom is -0.462 e. The predicted molar refractivity (Wildman–Crippen MR) is 167 cm³/mol. The van der Waals surface area contributed by atoms with E-state index in [-0.39, 0.29) is 41.3 Å². The van der Waals surface area contributed by atoms with Crippen LogP contribution >= 0.6 is 0 Å². The molecule has 2 aromatic carbocycles. The maximum Gasteiger partial charge on any atom is 0.308 e. The second-order valence-corrected chi connectivity index (χ2v) is 13.1. The highest BCUT2D eigenvalue weighted by atomic mass is 16.5. The average molecular weight is 589 g/mol. The molecule has 3 fully saturated rings. The molecule has 1 unspecified atom stereocenters. The molecule has 0 bridgehead atoms. The van der Waals surface area contributed by atoms with E-state index in [0.717, 1.165) is 69.6 Å². The first kappa shape index (κ1) is 31.2. The number of hydrogen-bond donors (Lipinski definition) is 0. The summed E-state index contributed by atoms with van der Waals surface area (Å²) in [6.07, 6.45) is 9.15. The summed E-state index contributed by atoms with van der Waals surface area (Å²) in [4.78, 5) is 42.2. The van der Waals surface area contributed by atoms with Gasteiger partial charge in [-0.25, -0.2) is 0 Å². The van der Waals surface area contributed by atoms with Gasteiger partial charge in [-0.1, -0.05) is 48.9 Å². The molecule has 7 heteroatoms. The smallest absolute Gasteiger partial charge is 0.308 e. The number of amides is 1. The lowest BCUT2D eigenvalue weighted by atomic mass is 9.56. The molecule has 2 aliphatic carbocycles. The Labute approximate surface area is 256 Å². The van der Waals surface area contributed by atoms with E-state index in [1.807, 2.05) is 36.2 Å². The third kappa shape index (κ3) is 8.05. The van der Waals surface area contributed by atoms with Crippen LogP contribution in [-0.2, 0) is 31.0 Å². The number of carbonyl (C=O) groups excluding carboxylic acids is 3. The fraction of sp³-hybridized carbons (Fsp3) is 0.583. The van der Waals surface area contributed by atoms with E-state index in [0.29, 0.717) is 18.6 Å². The molecule has 232 valence electrons. The number of benzene rings is 2. The van der Waals surface area contributed by atoms with Crippen molar-refractivity contribution in [2.45, 2.75) is 95.6 Å². The van der Waals surface area contributed by atoms with E-state index < -0.39 is 0 Å². The molecule has 0 N–H and O–H groups in total. The van der Waals surface area contributed by atoms with Gasteiger partial charge in [0, 0.05) is 64.2 Å². The van der Waals surface area contributed by atoms with Gasteiger partial charge < -0.3 is 19.3 Å². The lowest BCUT2D eigenvalue weighted by molar-refractivity contribution is -0.160. The molecule has 7 nitrogen and oxygen atoms in total. The number of carbonyl (C=O) groups is 3. The Kier molecular flexibility index (Phi) is 10.2. The van der Waals surface area contributed by atoms with Crippen LogP contribution in [0.25, 0.3) is 0 Å². The summed E-state index contributed by atoms with van der Waals surface area (Å²) >= 11 is 0. The normalized spacial score (nSPS) is 25.4. The molecule has 2 aromatic rings. The molecule has 1 aliphatic heterocycles. The summed E-state index contributed by atoms with van der Waals surface area (Å²) in [5, 5.41) is 0. The second kappa shape index (κ2) is 14.1. The van der Waals surface area contributed by atoms with Crippen molar-refractivity contribution in [1.29, 1.82) is 0 Å². The minimum atomic E-state index is -0.348. The van der Waals surface area contributed by atoms with Gasteiger partial charge in [-0.2, -0.15) is 0 Å². The summed E-state index contributed by atoms with van der Waals surface area (Å²) in [6, 6.07) is 18.3. The number of nitrogens with zero attached hydrogens (tertiary/aromatic N) is 2. The summed E-state index contributed by atoms with van der Waals surface area (Å²) in [7, 11) is 1.92. The Hall–Kier alpha value is -3.19. The zero-order chi connectivity index (χ0) is 30.4. The molecule has 1 saturated heterocycles.